The van der Waals surface area contributed by atoms with Crippen LogP contribution in [0.2, 0.25) is 0 Å². The van der Waals surface area contributed by atoms with Crippen molar-refractivity contribution in [2.75, 3.05) is 4.93 Å². The summed E-state index contributed by atoms with van der Waals surface area (Å²) in [6.07, 6.45) is 6.87. The first-order valence-electron chi connectivity index (χ1n) is 19.2. The van der Waals surface area contributed by atoms with Crippen LogP contribution < -0.4 is 0 Å². The predicted molar refractivity (Wildman–Crippen MR) is 247 cm³/mol. The van der Waals surface area contributed by atoms with Gasteiger partial charge in [-0.1, -0.05) is 95.4 Å². The lowest BCUT2D eigenvalue weighted by molar-refractivity contribution is 0.0696. The van der Waals surface area contributed by atoms with Gasteiger partial charge in [-0.15, -0.1) is 0 Å². The molecule has 0 radical (unpaired) electrons. The second-order valence-electron chi connectivity index (χ2n) is 14.4. The Morgan fingerprint density at radius 2 is 0.918 bits per heavy atom. The fourth-order valence-electron chi connectivity index (χ4n) is 7.31. The van der Waals surface area contributed by atoms with Crippen LogP contribution in [0, 0.1) is 17.5 Å². The minimum atomic E-state index is -0.948. The molecule has 0 saturated carbocycles. The third-order valence-corrected chi connectivity index (χ3v) is 10.4. The van der Waals surface area contributed by atoms with Gasteiger partial charge >= 0.3 is 5.97 Å². The van der Waals surface area contributed by atoms with Crippen LogP contribution in [0.4, 0.5) is 13.2 Å². The van der Waals surface area contributed by atoms with Crippen molar-refractivity contribution in [1.82, 2.24) is 9.13 Å². The number of nitrogens with zero attached hydrogens (tertiary/aromatic N) is 2. The Kier molecular flexibility index (Phi) is 13.9. The van der Waals surface area contributed by atoms with Crippen LogP contribution in [0.1, 0.15) is 61.6 Å². The van der Waals surface area contributed by atoms with Crippen LogP contribution in [0.5, 0.6) is 0 Å². The van der Waals surface area contributed by atoms with E-state index in [2.05, 4.69) is 28.7 Å². The summed E-state index contributed by atoms with van der Waals surface area (Å²) in [5.41, 5.74) is 11.8. The lowest BCUT2D eigenvalue weighted by Crippen LogP contribution is -1.96. The number of aromatic carboxylic acids is 1. The number of carbonyl (C=O) groups is 3. The number of carboxylic acids is 1. The molecule has 0 bridgehead atoms. The van der Waals surface area contributed by atoms with Gasteiger partial charge < -0.3 is 14.2 Å². The van der Waals surface area contributed by atoms with Crippen molar-refractivity contribution >= 4 is 67.5 Å². The topological polar surface area (TPSA) is 81.3 Å². The number of hydrogen-bond donors (Lipinski definition) is 1. The Balaban J connectivity index is 0.000000150. The number of fused-ring (bicyclic) bond motifs is 3. The molecule has 0 spiro atoms. The molecule has 1 aliphatic rings. The number of alkyl halides is 1. The van der Waals surface area contributed by atoms with Crippen LogP contribution in [0.25, 0.3) is 49.6 Å². The zero-order valence-electron chi connectivity index (χ0n) is 34.1. The molecular weight excluding hydrogens is 888 g/mol. The minimum absolute atomic E-state index is 0.0523. The molecule has 1 N–H and O–H groups in total. The average Bonchev–Trinajstić information content (AvgIpc) is 3.95. The highest BCUT2D eigenvalue weighted by molar-refractivity contribution is 14.1. The maximum absolute atomic E-state index is 13.0. The predicted octanol–water partition coefficient (Wildman–Crippen LogP) is 12.9. The first-order valence-corrected chi connectivity index (χ1v) is 21.4. The van der Waals surface area contributed by atoms with Gasteiger partial charge in [-0.3, -0.25) is 9.59 Å². The summed E-state index contributed by atoms with van der Waals surface area (Å²) in [5, 5.41) is 11.0. The van der Waals surface area contributed by atoms with Crippen molar-refractivity contribution in [3.8, 4) is 22.3 Å². The van der Waals surface area contributed by atoms with Crippen LogP contribution >= 0.6 is 22.6 Å². The number of allylic oxidation sites excluding steroid dienone is 1. The largest absolute Gasteiger partial charge is 0.478 e. The maximum atomic E-state index is 13.0. The normalized spacial score (nSPS) is 11.3. The van der Waals surface area contributed by atoms with Gasteiger partial charge in [0.1, 0.15) is 17.5 Å². The second kappa shape index (κ2) is 19.2. The van der Waals surface area contributed by atoms with Gasteiger partial charge in [-0.2, -0.15) is 0 Å². The smallest absolute Gasteiger partial charge is 0.335 e. The highest BCUT2D eigenvalue weighted by atomic mass is 127. The SMILES string of the molecule is CC(=O)c1ccc2c(-c3ccc(F)cc3)cn(C)c2c1.CC(=O)c1ccc2c(c1)CC=C2c1ccc(F)cc1.CI.Cn1cc(-c2ccc(F)cc2)c2ccc(C(=O)O)cc21. The fraction of sp³-hybridized carbons (Fsp3) is 0.118. The number of hydrogen-bond acceptors (Lipinski definition) is 3. The van der Waals surface area contributed by atoms with Crippen LogP contribution in [0.15, 0.2) is 146 Å². The monoisotopic (exact) mass is 930 g/mol. The number of aryl methyl sites for hydroxylation is 2. The molecule has 10 heteroatoms. The number of halogens is 4. The molecule has 0 unspecified atom stereocenters. The molecule has 2 heterocycles. The molecule has 2 aromatic heterocycles. The summed E-state index contributed by atoms with van der Waals surface area (Å²) >= 11 is 2.15. The Morgan fingerprint density at radius 3 is 1.36 bits per heavy atom. The van der Waals surface area contributed by atoms with Crippen LogP contribution in [-0.4, -0.2) is 36.7 Å². The number of benzene rings is 6. The average molecular weight is 931 g/mol. The van der Waals surface area contributed by atoms with E-state index in [1.165, 1.54) is 36.4 Å². The highest BCUT2D eigenvalue weighted by Crippen LogP contribution is 2.34. The third-order valence-electron chi connectivity index (χ3n) is 10.4. The van der Waals surface area contributed by atoms with Crippen molar-refractivity contribution in [3.05, 3.63) is 197 Å². The molecule has 0 atom stereocenters. The van der Waals surface area contributed by atoms with E-state index in [0.29, 0.717) is 5.56 Å². The molecule has 0 fully saturated rings. The van der Waals surface area contributed by atoms with Crippen LogP contribution in [0.3, 0.4) is 0 Å². The molecule has 308 valence electrons. The van der Waals surface area contributed by atoms with Gasteiger partial charge in [-0.25, -0.2) is 18.0 Å². The molecule has 6 aromatic carbocycles. The molecular formula is C51H42F3IN2O4. The third kappa shape index (κ3) is 9.92. The standard InChI is InChI=1S/C17H14FNO.C17H13FO.C16H12FNO2.CH3I/c1-11(20)13-5-8-15-16(10-19(2)17(15)9-13)12-3-6-14(18)7-4-12;1-11(19)13-4-8-17-14(10-13)5-9-16(17)12-2-6-15(18)7-3-12;1-18-9-14(10-2-5-12(17)6-3-10)13-7-4-11(16(19)20)8-15(13)18;1-2/h3-10H,1-2H3;2-4,6-10H,5H2,1H3;2-9H,1H3,(H,19,20);1H3. The van der Waals surface area contributed by atoms with E-state index < -0.39 is 5.97 Å². The number of carboxylic acid groups (broad SMARTS) is 1. The van der Waals surface area contributed by atoms with Crippen molar-refractivity contribution < 1.29 is 32.7 Å². The Labute approximate surface area is 365 Å². The second-order valence-corrected chi connectivity index (χ2v) is 14.4. The molecule has 0 amide bonds. The van der Waals surface area contributed by atoms with Gasteiger partial charge in [0.2, 0.25) is 0 Å². The summed E-state index contributed by atoms with van der Waals surface area (Å²) in [6.45, 7) is 3.13. The summed E-state index contributed by atoms with van der Waals surface area (Å²) in [7, 11) is 3.81. The summed E-state index contributed by atoms with van der Waals surface area (Å²) in [5.74, 6) is -1.56. The zero-order chi connectivity index (χ0) is 44.0. The van der Waals surface area contributed by atoms with Crippen molar-refractivity contribution in [3.63, 3.8) is 0 Å². The Morgan fingerprint density at radius 1 is 0.525 bits per heavy atom. The number of ketones is 2. The van der Waals surface area contributed by atoms with E-state index in [4.69, 9.17) is 5.11 Å². The molecule has 0 saturated heterocycles. The van der Waals surface area contributed by atoms with Crippen molar-refractivity contribution in [2.24, 2.45) is 14.1 Å². The Bertz CT molecular complexity index is 2790. The van der Waals surface area contributed by atoms with E-state index in [1.54, 1.807) is 68.4 Å². The number of Topliss-reactive ketones (excluding diaryl/α,β-unsaturated/α-hetero) is 2. The number of carbonyl (C=O) groups excluding carboxylic acids is 2. The van der Waals surface area contributed by atoms with Gasteiger partial charge in [0.15, 0.2) is 11.6 Å². The lowest BCUT2D eigenvalue weighted by Gasteiger charge is -2.07. The lowest BCUT2D eigenvalue weighted by atomic mass is 9.97. The highest BCUT2D eigenvalue weighted by Gasteiger charge is 2.17. The molecule has 61 heavy (non-hydrogen) atoms. The summed E-state index contributed by atoms with van der Waals surface area (Å²) in [4.78, 5) is 35.8. The maximum Gasteiger partial charge on any atom is 0.335 e. The van der Waals surface area contributed by atoms with E-state index in [1.807, 2.05) is 77.0 Å². The number of aromatic nitrogens is 2. The zero-order valence-corrected chi connectivity index (χ0v) is 36.3. The van der Waals surface area contributed by atoms with E-state index in [9.17, 15) is 27.6 Å². The molecule has 0 aliphatic heterocycles. The van der Waals surface area contributed by atoms with E-state index in [-0.39, 0.29) is 34.6 Å². The fourth-order valence-corrected chi connectivity index (χ4v) is 7.31. The molecule has 9 rings (SSSR count). The van der Waals surface area contributed by atoms with Gasteiger partial charge in [0.05, 0.1) is 5.56 Å². The Hall–Kier alpha value is -6.53. The first-order chi connectivity index (χ1) is 29.3. The van der Waals surface area contributed by atoms with Gasteiger partial charge in [0.25, 0.3) is 0 Å². The van der Waals surface area contributed by atoms with Crippen molar-refractivity contribution in [2.45, 2.75) is 20.3 Å². The molecule has 8 aromatic rings. The van der Waals surface area contributed by atoms with Gasteiger partial charge in [0, 0.05) is 70.5 Å². The first kappa shape index (κ1) is 44.0. The van der Waals surface area contributed by atoms with Gasteiger partial charge in [-0.05, 0) is 119 Å². The molecule has 6 nitrogen and oxygen atoms in total. The summed E-state index contributed by atoms with van der Waals surface area (Å²) in [6, 6.07) is 35.7. The van der Waals surface area contributed by atoms with Crippen LogP contribution in [-0.2, 0) is 20.5 Å². The van der Waals surface area contributed by atoms with Crippen molar-refractivity contribution in [1.29, 1.82) is 0 Å². The van der Waals surface area contributed by atoms with E-state index in [0.717, 1.165) is 78.3 Å². The van der Waals surface area contributed by atoms with E-state index >= 15 is 0 Å². The number of rotatable bonds is 6. The minimum Gasteiger partial charge on any atom is -0.478 e. The molecule has 1 aliphatic carbocycles. The summed E-state index contributed by atoms with van der Waals surface area (Å²) < 4.78 is 42.8. The quantitative estimate of drug-likeness (QED) is 0.102.